The van der Waals surface area contributed by atoms with E-state index in [1.54, 1.807) is 30.5 Å². The second kappa shape index (κ2) is 8.17. The summed E-state index contributed by atoms with van der Waals surface area (Å²) < 4.78 is 38.2. The van der Waals surface area contributed by atoms with Crippen LogP contribution in [0, 0.1) is 6.92 Å². The van der Waals surface area contributed by atoms with Crippen LogP contribution in [0.4, 0.5) is 5.69 Å². The monoisotopic (exact) mass is 424 g/mol. The van der Waals surface area contributed by atoms with Gasteiger partial charge in [0.1, 0.15) is 11.3 Å². The van der Waals surface area contributed by atoms with Gasteiger partial charge in [0, 0.05) is 16.6 Å². The summed E-state index contributed by atoms with van der Waals surface area (Å²) in [6, 6.07) is 15.3. The number of fused-ring (bicyclic) bond motifs is 1. The van der Waals surface area contributed by atoms with E-state index in [9.17, 15) is 13.2 Å². The molecule has 0 aliphatic heterocycles. The summed E-state index contributed by atoms with van der Waals surface area (Å²) in [6.07, 6.45) is 3.16. The normalized spacial score (nSPS) is 11.6. The van der Waals surface area contributed by atoms with Crippen molar-refractivity contribution in [1.29, 1.82) is 0 Å². The maximum atomic E-state index is 12.5. The van der Waals surface area contributed by atoms with Crippen LogP contribution in [0.25, 0.3) is 11.0 Å². The summed E-state index contributed by atoms with van der Waals surface area (Å²) in [4.78, 5) is 12.6. The number of benzene rings is 2. The van der Waals surface area contributed by atoms with Gasteiger partial charge in [0.15, 0.2) is 0 Å². The zero-order chi connectivity index (χ0) is 21.1. The third-order valence-electron chi connectivity index (χ3n) is 4.61. The first-order valence-electron chi connectivity index (χ1n) is 9.29. The largest absolute Gasteiger partial charge is 0.468 e. The molecule has 8 heteroatoms. The van der Waals surface area contributed by atoms with E-state index in [2.05, 4.69) is 10.0 Å². The lowest BCUT2D eigenvalue weighted by Gasteiger charge is -2.09. The van der Waals surface area contributed by atoms with Gasteiger partial charge in [-0.15, -0.1) is 0 Å². The fourth-order valence-corrected chi connectivity index (χ4v) is 4.15. The first-order chi connectivity index (χ1) is 14.4. The predicted octanol–water partition coefficient (Wildman–Crippen LogP) is 3.99. The summed E-state index contributed by atoms with van der Waals surface area (Å²) in [7, 11) is -3.75. The van der Waals surface area contributed by atoms with E-state index in [4.69, 9.17) is 8.83 Å². The predicted molar refractivity (Wildman–Crippen MR) is 112 cm³/mol. The van der Waals surface area contributed by atoms with Gasteiger partial charge in [-0.1, -0.05) is 18.2 Å². The number of aryl methyl sites for hydroxylation is 1. The van der Waals surface area contributed by atoms with Crippen molar-refractivity contribution in [2.24, 2.45) is 0 Å². The van der Waals surface area contributed by atoms with Crippen molar-refractivity contribution in [3.63, 3.8) is 0 Å². The van der Waals surface area contributed by atoms with Crippen LogP contribution < -0.4 is 10.0 Å². The molecular weight excluding hydrogens is 404 g/mol. The fourth-order valence-electron chi connectivity index (χ4n) is 3.11. The molecule has 0 spiro atoms. The van der Waals surface area contributed by atoms with Gasteiger partial charge in [0.25, 0.3) is 0 Å². The third kappa shape index (κ3) is 4.45. The van der Waals surface area contributed by atoms with E-state index in [0.717, 1.165) is 22.1 Å². The summed E-state index contributed by atoms with van der Waals surface area (Å²) >= 11 is 0. The number of hydrogen-bond acceptors (Lipinski definition) is 5. The first kappa shape index (κ1) is 19.9. The van der Waals surface area contributed by atoms with Crippen LogP contribution in [0.1, 0.15) is 16.9 Å². The third-order valence-corrected chi connectivity index (χ3v) is 6.01. The number of sulfonamides is 1. The van der Waals surface area contributed by atoms with Gasteiger partial charge in [-0.3, -0.25) is 4.79 Å². The number of carbonyl (C=O) groups excluding carboxylic acids is 1. The van der Waals surface area contributed by atoms with Crippen LogP contribution in [-0.4, -0.2) is 14.3 Å². The Labute approximate surface area is 173 Å². The minimum Gasteiger partial charge on any atom is -0.468 e. The van der Waals surface area contributed by atoms with E-state index in [1.807, 2.05) is 25.1 Å². The maximum Gasteiger partial charge on any atom is 0.241 e. The summed E-state index contributed by atoms with van der Waals surface area (Å²) in [5.74, 6) is 0.238. The molecule has 4 rings (SSSR count). The molecule has 0 radical (unpaired) electrons. The molecule has 0 aliphatic rings. The number of nitrogens with one attached hydrogen (secondary N) is 2. The highest BCUT2D eigenvalue weighted by Gasteiger charge is 2.16. The molecule has 2 heterocycles. The van der Waals surface area contributed by atoms with Crippen molar-refractivity contribution in [1.82, 2.24) is 4.72 Å². The molecule has 2 aromatic carbocycles. The molecule has 2 aromatic heterocycles. The van der Waals surface area contributed by atoms with Crippen molar-refractivity contribution in [2.75, 3.05) is 5.32 Å². The second-order valence-corrected chi connectivity index (χ2v) is 8.68. The summed E-state index contributed by atoms with van der Waals surface area (Å²) in [5, 5.41) is 3.63. The molecule has 0 bridgehead atoms. The zero-order valence-corrected chi connectivity index (χ0v) is 17.0. The smallest absolute Gasteiger partial charge is 0.241 e. The Bertz CT molecular complexity index is 1290. The van der Waals surface area contributed by atoms with Crippen LogP contribution in [0.3, 0.4) is 0 Å². The average Bonchev–Trinajstić information content (AvgIpc) is 3.37. The van der Waals surface area contributed by atoms with E-state index < -0.39 is 10.0 Å². The highest BCUT2D eigenvalue weighted by atomic mass is 32.2. The molecule has 7 nitrogen and oxygen atoms in total. The first-order valence-corrected chi connectivity index (χ1v) is 10.8. The highest BCUT2D eigenvalue weighted by Crippen LogP contribution is 2.23. The standard InChI is InChI=1S/C22H20N2O5S/c1-15-7-8-20-16(14-29-21(20)10-15)11-22(25)24-17-4-2-6-19(12-17)30(26,27)23-13-18-5-3-9-28-18/h2-10,12,14,23H,11,13H2,1H3,(H,24,25). The van der Waals surface area contributed by atoms with Gasteiger partial charge in [-0.2, -0.15) is 0 Å². The van der Waals surface area contributed by atoms with Gasteiger partial charge in [0.05, 0.1) is 30.4 Å². The Hall–Kier alpha value is -3.36. The van der Waals surface area contributed by atoms with Crippen LogP contribution in [-0.2, 0) is 27.8 Å². The van der Waals surface area contributed by atoms with Crippen molar-refractivity contribution in [3.05, 3.63) is 84.0 Å². The van der Waals surface area contributed by atoms with Gasteiger partial charge in [-0.05, 0) is 48.9 Å². The van der Waals surface area contributed by atoms with Crippen molar-refractivity contribution in [2.45, 2.75) is 24.8 Å². The van der Waals surface area contributed by atoms with Crippen molar-refractivity contribution >= 4 is 32.6 Å². The summed E-state index contributed by atoms with van der Waals surface area (Å²) in [5.41, 5.74) is 2.97. The molecule has 154 valence electrons. The van der Waals surface area contributed by atoms with E-state index in [0.29, 0.717) is 11.4 Å². The van der Waals surface area contributed by atoms with Gasteiger partial charge < -0.3 is 14.2 Å². The lowest BCUT2D eigenvalue weighted by molar-refractivity contribution is -0.115. The van der Waals surface area contributed by atoms with Crippen LogP contribution in [0.15, 0.2) is 80.9 Å². The minimum atomic E-state index is -3.75. The lowest BCUT2D eigenvalue weighted by Crippen LogP contribution is -2.23. The Morgan fingerprint density at radius 2 is 1.90 bits per heavy atom. The summed E-state index contributed by atoms with van der Waals surface area (Å²) in [6.45, 7) is 2.01. The number of amides is 1. The number of carbonyl (C=O) groups is 1. The molecule has 4 aromatic rings. The molecule has 0 aliphatic carbocycles. The van der Waals surface area contributed by atoms with Crippen molar-refractivity contribution < 1.29 is 22.0 Å². The Kier molecular flexibility index (Phi) is 5.43. The quantitative estimate of drug-likeness (QED) is 0.467. The fraction of sp³-hybridized carbons (Fsp3) is 0.136. The van der Waals surface area contributed by atoms with Gasteiger partial charge in [0.2, 0.25) is 15.9 Å². The van der Waals surface area contributed by atoms with Gasteiger partial charge >= 0.3 is 0 Å². The molecule has 2 N–H and O–H groups in total. The SMILES string of the molecule is Cc1ccc2c(CC(=O)Nc3cccc(S(=O)(=O)NCc4ccco4)c3)coc2c1. The van der Waals surface area contributed by atoms with Crippen molar-refractivity contribution in [3.8, 4) is 0 Å². The molecule has 0 atom stereocenters. The molecule has 1 amide bonds. The number of furan rings is 2. The van der Waals surface area contributed by atoms with Crippen LogP contribution >= 0.6 is 0 Å². The Morgan fingerprint density at radius 3 is 2.70 bits per heavy atom. The molecule has 30 heavy (non-hydrogen) atoms. The molecule has 0 unspecified atom stereocenters. The molecule has 0 fully saturated rings. The number of hydrogen-bond donors (Lipinski definition) is 2. The van der Waals surface area contributed by atoms with Gasteiger partial charge in [-0.25, -0.2) is 13.1 Å². The Morgan fingerprint density at radius 1 is 1.03 bits per heavy atom. The van der Waals surface area contributed by atoms with E-state index in [-0.39, 0.29) is 23.8 Å². The topological polar surface area (TPSA) is 102 Å². The van der Waals surface area contributed by atoms with Crippen LogP contribution in [0.5, 0.6) is 0 Å². The van der Waals surface area contributed by atoms with E-state index in [1.165, 1.54) is 18.4 Å². The highest BCUT2D eigenvalue weighted by molar-refractivity contribution is 7.89. The molecule has 0 saturated heterocycles. The zero-order valence-electron chi connectivity index (χ0n) is 16.2. The minimum absolute atomic E-state index is 0.0406. The number of anilines is 1. The maximum absolute atomic E-state index is 12.5. The molecular formula is C22H20N2O5S. The Balaban J connectivity index is 1.45. The average molecular weight is 424 g/mol. The molecule has 0 saturated carbocycles. The van der Waals surface area contributed by atoms with E-state index >= 15 is 0 Å². The lowest BCUT2D eigenvalue weighted by atomic mass is 10.1. The second-order valence-electron chi connectivity index (χ2n) is 6.92. The number of rotatable bonds is 7. The van der Waals surface area contributed by atoms with Crippen LogP contribution in [0.2, 0.25) is 0 Å².